The second-order valence-electron chi connectivity index (χ2n) is 7.63. The van der Waals surface area contributed by atoms with Crippen molar-refractivity contribution < 1.29 is 33.6 Å². The molecule has 164 valence electrons. The van der Waals surface area contributed by atoms with Gasteiger partial charge in [0.15, 0.2) is 12.1 Å². The van der Waals surface area contributed by atoms with Crippen LogP contribution in [0, 0.1) is 0 Å². The predicted molar refractivity (Wildman–Crippen MR) is 109 cm³/mol. The first-order chi connectivity index (χ1) is 14.9. The average Bonchev–Trinajstić information content (AvgIpc) is 2.77. The maximum absolute atomic E-state index is 11.8. The van der Waals surface area contributed by atoms with Crippen LogP contribution >= 0.6 is 0 Å². The Morgan fingerprint density at radius 3 is 2.39 bits per heavy atom. The van der Waals surface area contributed by atoms with Gasteiger partial charge in [-0.2, -0.15) is 0 Å². The van der Waals surface area contributed by atoms with Crippen LogP contribution in [0.2, 0.25) is 0 Å². The molecule has 31 heavy (non-hydrogen) atoms. The van der Waals surface area contributed by atoms with Crippen molar-refractivity contribution in [1.29, 1.82) is 0 Å². The number of carbonyl (C=O) groups is 2. The monoisotopic (exact) mass is 427 g/mol. The van der Waals surface area contributed by atoms with Crippen molar-refractivity contribution >= 4 is 11.7 Å². The minimum atomic E-state index is -1.08. The van der Waals surface area contributed by atoms with E-state index < -0.39 is 36.9 Å². The smallest absolute Gasteiger partial charge is 0.223 e. The van der Waals surface area contributed by atoms with Crippen LogP contribution in [0.3, 0.4) is 0 Å². The van der Waals surface area contributed by atoms with Crippen LogP contribution in [0.5, 0.6) is 5.75 Å². The lowest BCUT2D eigenvalue weighted by atomic mass is 9.95. The van der Waals surface area contributed by atoms with Crippen molar-refractivity contribution in [2.75, 3.05) is 6.61 Å². The largest absolute Gasteiger partial charge is 0.463 e. The Morgan fingerprint density at radius 2 is 1.74 bits per heavy atom. The quantitative estimate of drug-likeness (QED) is 0.703. The highest BCUT2D eigenvalue weighted by Gasteiger charge is 2.50. The molecular weight excluding hydrogens is 402 g/mol. The summed E-state index contributed by atoms with van der Waals surface area (Å²) in [7, 11) is 0. The molecule has 0 aliphatic carbocycles. The molecule has 2 aliphatic heterocycles. The SMILES string of the molecule is CC(=O)N[C@H]1[C@@H](Oc2ccc(C(C)=O)cc2)O[C@@H]2CO[C@H](c3ccccc3)O[C@@H]2[C@@H]1O. The number of nitrogens with one attached hydrogen (secondary N) is 1. The van der Waals surface area contributed by atoms with E-state index in [2.05, 4.69) is 5.32 Å². The first-order valence-electron chi connectivity index (χ1n) is 10.1. The number of Topliss-reactive ketones (excluding diaryl/α,β-unsaturated/α-hetero) is 1. The van der Waals surface area contributed by atoms with Crippen LogP contribution in [0.4, 0.5) is 0 Å². The van der Waals surface area contributed by atoms with Gasteiger partial charge < -0.3 is 29.4 Å². The molecule has 0 spiro atoms. The number of fused-ring (bicyclic) bond motifs is 1. The van der Waals surface area contributed by atoms with E-state index in [1.165, 1.54) is 13.8 Å². The standard InChI is InChI=1S/C23H25NO7/c1-13(25)15-8-10-17(11-9-15)29-23-19(24-14(2)26)20(27)21-18(30-23)12-28-22(31-21)16-6-4-3-5-7-16/h3-11,18-23,27H,12H2,1-2H3,(H,24,26)/t18-,19-,20-,21+,22+,23+/m1/s1. The van der Waals surface area contributed by atoms with Gasteiger partial charge in [0.2, 0.25) is 12.2 Å². The fourth-order valence-electron chi connectivity index (χ4n) is 3.76. The maximum Gasteiger partial charge on any atom is 0.223 e. The molecule has 2 fully saturated rings. The molecule has 6 atom stereocenters. The molecule has 8 nitrogen and oxygen atoms in total. The van der Waals surface area contributed by atoms with E-state index in [1.54, 1.807) is 24.3 Å². The Labute approximate surface area is 180 Å². The molecule has 2 aliphatic rings. The zero-order chi connectivity index (χ0) is 22.0. The van der Waals surface area contributed by atoms with Crippen LogP contribution in [-0.2, 0) is 19.0 Å². The molecule has 0 aromatic heterocycles. The maximum atomic E-state index is 11.8. The fraction of sp³-hybridized carbons (Fsp3) is 0.391. The summed E-state index contributed by atoms with van der Waals surface area (Å²) in [6.45, 7) is 3.03. The highest BCUT2D eigenvalue weighted by atomic mass is 16.7. The normalized spacial score (nSPS) is 30.2. The Morgan fingerprint density at radius 1 is 1.03 bits per heavy atom. The molecule has 0 radical (unpaired) electrons. The van der Waals surface area contributed by atoms with Crippen LogP contribution < -0.4 is 10.1 Å². The van der Waals surface area contributed by atoms with Gasteiger partial charge in [-0.25, -0.2) is 0 Å². The number of benzene rings is 2. The van der Waals surface area contributed by atoms with Gasteiger partial charge in [0.05, 0.1) is 6.61 Å². The zero-order valence-electron chi connectivity index (χ0n) is 17.3. The van der Waals surface area contributed by atoms with Crippen molar-refractivity contribution in [2.45, 2.75) is 50.8 Å². The third kappa shape index (κ3) is 4.77. The van der Waals surface area contributed by atoms with Crippen molar-refractivity contribution in [2.24, 2.45) is 0 Å². The van der Waals surface area contributed by atoms with Gasteiger partial charge in [-0.15, -0.1) is 0 Å². The molecule has 2 aromatic rings. The van der Waals surface area contributed by atoms with Crippen molar-refractivity contribution in [3.05, 3.63) is 65.7 Å². The molecule has 4 rings (SSSR count). The van der Waals surface area contributed by atoms with Crippen molar-refractivity contribution in [3.8, 4) is 5.75 Å². The number of ether oxygens (including phenoxy) is 4. The van der Waals surface area contributed by atoms with Crippen LogP contribution in [0.25, 0.3) is 0 Å². The topological polar surface area (TPSA) is 103 Å². The van der Waals surface area contributed by atoms with Gasteiger partial charge in [-0.1, -0.05) is 30.3 Å². The van der Waals surface area contributed by atoms with Gasteiger partial charge in [-0.3, -0.25) is 9.59 Å². The molecule has 0 unspecified atom stereocenters. The summed E-state index contributed by atoms with van der Waals surface area (Å²) in [6.07, 6.45) is -3.99. The van der Waals surface area contributed by atoms with E-state index in [0.717, 1.165) is 5.56 Å². The highest BCUT2D eigenvalue weighted by Crippen LogP contribution is 2.34. The van der Waals surface area contributed by atoms with Gasteiger partial charge in [0.25, 0.3) is 0 Å². The summed E-state index contributed by atoms with van der Waals surface area (Å²) >= 11 is 0. The summed E-state index contributed by atoms with van der Waals surface area (Å²) in [6, 6.07) is 15.1. The van der Waals surface area contributed by atoms with Crippen LogP contribution in [-0.4, -0.2) is 54.0 Å². The van der Waals surface area contributed by atoms with Crippen molar-refractivity contribution in [1.82, 2.24) is 5.32 Å². The molecule has 2 heterocycles. The molecule has 2 saturated heterocycles. The number of hydrogen-bond acceptors (Lipinski definition) is 7. The number of rotatable bonds is 5. The first-order valence-corrected chi connectivity index (χ1v) is 10.1. The summed E-state index contributed by atoms with van der Waals surface area (Å²) < 4.78 is 23.7. The Hall–Kier alpha value is -2.78. The molecular formula is C23H25NO7. The molecule has 0 bridgehead atoms. The van der Waals surface area contributed by atoms with Gasteiger partial charge in [-0.05, 0) is 31.2 Å². The summed E-state index contributed by atoms with van der Waals surface area (Å²) in [5.41, 5.74) is 1.38. The molecule has 1 amide bonds. The van der Waals surface area contributed by atoms with Crippen LogP contribution in [0.1, 0.15) is 36.1 Å². The zero-order valence-corrected chi connectivity index (χ0v) is 17.3. The lowest BCUT2D eigenvalue weighted by Crippen LogP contribution is -2.67. The van der Waals surface area contributed by atoms with E-state index in [-0.39, 0.29) is 18.3 Å². The minimum Gasteiger partial charge on any atom is -0.463 e. The minimum absolute atomic E-state index is 0.0562. The predicted octanol–water partition coefficient (Wildman–Crippen LogP) is 1.97. The second-order valence-corrected chi connectivity index (χ2v) is 7.63. The molecule has 8 heteroatoms. The molecule has 2 N–H and O–H groups in total. The van der Waals surface area contributed by atoms with Gasteiger partial charge in [0.1, 0.15) is 30.1 Å². The third-order valence-electron chi connectivity index (χ3n) is 5.32. The Kier molecular flexibility index (Phi) is 6.33. The lowest BCUT2D eigenvalue weighted by Gasteiger charge is -2.47. The van der Waals surface area contributed by atoms with E-state index >= 15 is 0 Å². The number of aliphatic hydroxyl groups is 1. The van der Waals surface area contributed by atoms with Gasteiger partial charge >= 0.3 is 0 Å². The number of carbonyl (C=O) groups excluding carboxylic acids is 2. The first kappa shape index (κ1) is 21.5. The average molecular weight is 427 g/mol. The van der Waals surface area contributed by atoms with Crippen molar-refractivity contribution in [3.63, 3.8) is 0 Å². The highest BCUT2D eigenvalue weighted by molar-refractivity contribution is 5.94. The third-order valence-corrected chi connectivity index (χ3v) is 5.32. The number of amides is 1. The summed E-state index contributed by atoms with van der Waals surface area (Å²) in [5, 5.41) is 13.7. The fourth-order valence-corrected chi connectivity index (χ4v) is 3.76. The summed E-state index contributed by atoms with van der Waals surface area (Å²) in [5.74, 6) is 0.0495. The summed E-state index contributed by atoms with van der Waals surface area (Å²) in [4.78, 5) is 23.3. The number of ketones is 1. The van der Waals surface area contributed by atoms with E-state index in [0.29, 0.717) is 11.3 Å². The molecule has 0 saturated carbocycles. The van der Waals surface area contributed by atoms with E-state index in [4.69, 9.17) is 18.9 Å². The van der Waals surface area contributed by atoms with E-state index in [9.17, 15) is 14.7 Å². The Bertz CT molecular complexity index is 917. The van der Waals surface area contributed by atoms with Gasteiger partial charge in [0, 0.05) is 18.1 Å². The number of aliphatic hydroxyl groups excluding tert-OH is 1. The van der Waals surface area contributed by atoms with Crippen LogP contribution in [0.15, 0.2) is 54.6 Å². The lowest BCUT2D eigenvalue weighted by molar-refractivity contribution is -0.333. The molecule has 2 aromatic carbocycles. The second kappa shape index (κ2) is 9.15. The number of hydrogen-bond donors (Lipinski definition) is 2. The van der Waals surface area contributed by atoms with E-state index in [1.807, 2.05) is 30.3 Å². The Balaban J connectivity index is 1.52.